The van der Waals surface area contributed by atoms with Gasteiger partial charge in [-0.2, -0.15) is 0 Å². The fourth-order valence-corrected chi connectivity index (χ4v) is 4.36. The number of rotatable bonds is 8. The number of H-pyrrole nitrogens is 1. The summed E-state index contributed by atoms with van der Waals surface area (Å²) in [6.07, 6.45) is -0.537. The molecule has 4 aromatic rings. The van der Waals surface area contributed by atoms with Crippen molar-refractivity contribution < 1.29 is 9.53 Å². The Bertz CT molecular complexity index is 1110. The standard InChI is InChI=1S/C25H24N2O2S/c1-18(29-20-12-6-3-7-13-20)25(28)26-16-17-30-24-21-14-8-9-15-22(21)27-23(24)19-10-4-2-5-11-19/h2-15,18,27H,16-17H2,1H3,(H,26,28)/t18-/m0/s1. The van der Waals surface area contributed by atoms with Crippen LogP contribution in [0.3, 0.4) is 0 Å². The molecule has 5 heteroatoms. The molecule has 1 heterocycles. The second-order valence-corrected chi connectivity index (χ2v) is 8.06. The SMILES string of the molecule is C[C@H](Oc1ccccc1)C(=O)NCCSc1c(-c2ccccc2)[nH]c2ccccc12. The van der Waals surface area contributed by atoms with E-state index in [1.807, 2.05) is 54.6 Å². The molecule has 152 valence electrons. The maximum atomic E-state index is 12.4. The lowest BCUT2D eigenvalue weighted by molar-refractivity contribution is -0.127. The van der Waals surface area contributed by atoms with Gasteiger partial charge >= 0.3 is 0 Å². The highest BCUT2D eigenvalue weighted by molar-refractivity contribution is 7.99. The van der Waals surface area contributed by atoms with Crippen LogP contribution in [0.5, 0.6) is 5.75 Å². The van der Waals surface area contributed by atoms with Crippen LogP contribution < -0.4 is 10.1 Å². The summed E-state index contributed by atoms with van der Waals surface area (Å²) >= 11 is 1.75. The normalized spacial score (nSPS) is 11.9. The monoisotopic (exact) mass is 416 g/mol. The average Bonchev–Trinajstić information content (AvgIpc) is 3.16. The van der Waals surface area contributed by atoms with E-state index in [0.717, 1.165) is 22.5 Å². The van der Waals surface area contributed by atoms with Gasteiger partial charge in [-0.1, -0.05) is 66.7 Å². The minimum absolute atomic E-state index is 0.110. The third kappa shape index (κ3) is 4.69. The van der Waals surface area contributed by atoms with Gasteiger partial charge in [0.1, 0.15) is 5.75 Å². The molecule has 0 aliphatic rings. The Labute approximate surface area is 180 Å². The molecule has 0 spiro atoms. The molecule has 0 aliphatic carbocycles. The van der Waals surface area contributed by atoms with E-state index in [1.54, 1.807) is 18.7 Å². The van der Waals surface area contributed by atoms with Crippen LogP contribution in [0.1, 0.15) is 6.92 Å². The van der Waals surface area contributed by atoms with Gasteiger partial charge in [-0.05, 0) is 30.7 Å². The minimum atomic E-state index is -0.537. The van der Waals surface area contributed by atoms with Gasteiger partial charge in [0.05, 0.1) is 5.69 Å². The largest absolute Gasteiger partial charge is 0.481 e. The number of aromatic amines is 1. The van der Waals surface area contributed by atoms with Crippen LogP contribution in [-0.4, -0.2) is 29.3 Å². The molecule has 2 N–H and O–H groups in total. The van der Waals surface area contributed by atoms with Crippen LogP contribution in [-0.2, 0) is 4.79 Å². The molecular formula is C25H24N2O2S. The Morgan fingerprint density at radius 2 is 1.63 bits per heavy atom. The van der Waals surface area contributed by atoms with Crippen LogP contribution in [0.25, 0.3) is 22.2 Å². The average molecular weight is 417 g/mol. The van der Waals surface area contributed by atoms with Gasteiger partial charge in [0.25, 0.3) is 5.91 Å². The van der Waals surface area contributed by atoms with Crippen molar-refractivity contribution in [1.29, 1.82) is 0 Å². The zero-order chi connectivity index (χ0) is 20.8. The predicted molar refractivity (Wildman–Crippen MR) is 124 cm³/mol. The number of benzene rings is 3. The van der Waals surface area contributed by atoms with Crippen LogP contribution >= 0.6 is 11.8 Å². The van der Waals surface area contributed by atoms with Crippen molar-refractivity contribution in [2.24, 2.45) is 0 Å². The number of para-hydroxylation sites is 2. The van der Waals surface area contributed by atoms with Crippen LogP contribution in [0.15, 0.2) is 89.8 Å². The molecule has 4 nitrogen and oxygen atoms in total. The van der Waals surface area contributed by atoms with Crippen LogP contribution in [0, 0.1) is 0 Å². The van der Waals surface area contributed by atoms with E-state index in [9.17, 15) is 4.79 Å². The van der Waals surface area contributed by atoms with Gasteiger partial charge in [-0.15, -0.1) is 11.8 Å². The van der Waals surface area contributed by atoms with Gasteiger partial charge in [-0.3, -0.25) is 4.79 Å². The molecule has 30 heavy (non-hydrogen) atoms. The fourth-order valence-electron chi connectivity index (χ4n) is 3.30. The molecule has 0 saturated carbocycles. The summed E-state index contributed by atoms with van der Waals surface area (Å²) in [6, 6.07) is 28.1. The van der Waals surface area contributed by atoms with Crippen molar-refractivity contribution in [2.45, 2.75) is 17.9 Å². The van der Waals surface area contributed by atoms with E-state index in [-0.39, 0.29) is 5.91 Å². The molecule has 0 saturated heterocycles. The lowest BCUT2D eigenvalue weighted by atomic mass is 10.1. The summed E-state index contributed by atoms with van der Waals surface area (Å²) in [5.41, 5.74) is 3.40. The van der Waals surface area contributed by atoms with Crippen LogP contribution in [0.2, 0.25) is 0 Å². The van der Waals surface area contributed by atoms with E-state index in [4.69, 9.17) is 4.74 Å². The summed E-state index contributed by atoms with van der Waals surface area (Å²) in [5.74, 6) is 1.35. The molecule has 0 radical (unpaired) electrons. The van der Waals surface area contributed by atoms with Crippen molar-refractivity contribution in [1.82, 2.24) is 10.3 Å². The summed E-state index contributed by atoms with van der Waals surface area (Å²) in [5, 5.41) is 4.18. The van der Waals surface area contributed by atoms with Crippen molar-refractivity contribution >= 4 is 28.6 Å². The minimum Gasteiger partial charge on any atom is -0.481 e. The Morgan fingerprint density at radius 3 is 2.40 bits per heavy atom. The zero-order valence-electron chi connectivity index (χ0n) is 16.8. The highest BCUT2D eigenvalue weighted by Gasteiger charge is 2.16. The van der Waals surface area contributed by atoms with Crippen molar-refractivity contribution in [3.8, 4) is 17.0 Å². The molecule has 1 amide bonds. The topological polar surface area (TPSA) is 54.1 Å². The van der Waals surface area contributed by atoms with Crippen LogP contribution in [0.4, 0.5) is 0 Å². The summed E-state index contributed by atoms with van der Waals surface area (Å²) in [7, 11) is 0. The zero-order valence-corrected chi connectivity index (χ0v) is 17.6. The molecule has 1 aromatic heterocycles. The van der Waals surface area contributed by atoms with E-state index >= 15 is 0 Å². The van der Waals surface area contributed by atoms with E-state index in [2.05, 4.69) is 40.6 Å². The molecular weight excluding hydrogens is 392 g/mol. The Kier molecular flexibility index (Phi) is 6.40. The molecule has 0 unspecified atom stereocenters. The first-order chi connectivity index (χ1) is 14.7. The van der Waals surface area contributed by atoms with Crippen molar-refractivity contribution in [3.63, 3.8) is 0 Å². The quantitative estimate of drug-likeness (QED) is 0.294. The van der Waals surface area contributed by atoms with Gasteiger partial charge < -0.3 is 15.0 Å². The number of carbonyl (C=O) groups excluding carboxylic acids is 1. The number of amides is 1. The second-order valence-electron chi connectivity index (χ2n) is 6.95. The summed E-state index contributed by atoms with van der Waals surface area (Å²) in [6.45, 7) is 2.34. The number of nitrogens with one attached hydrogen (secondary N) is 2. The first kappa shape index (κ1) is 20.1. The number of hydrogen-bond donors (Lipinski definition) is 2. The number of hydrogen-bond acceptors (Lipinski definition) is 3. The predicted octanol–water partition coefficient (Wildman–Crippen LogP) is 5.51. The molecule has 3 aromatic carbocycles. The first-order valence-corrected chi connectivity index (χ1v) is 11.0. The van der Waals surface area contributed by atoms with E-state index in [0.29, 0.717) is 12.3 Å². The number of fused-ring (bicyclic) bond motifs is 1. The number of ether oxygens (including phenoxy) is 1. The Hall–Kier alpha value is -3.18. The molecule has 4 rings (SSSR count). The van der Waals surface area contributed by atoms with Crippen molar-refractivity contribution in [2.75, 3.05) is 12.3 Å². The summed E-state index contributed by atoms with van der Waals surface area (Å²) in [4.78, 5) is 17.1. The lowest BCUT2D eigenvalue weighted by Crippen LogP contribution is -2.37. The number of aromatic nitrogens is 1. The van der Waals surface area contributed by atoms with Gasteiger partial charge in [0.2, 0.25) is 0 Å². The van der Waals surface area contributed by atoms with Gasteiger partial charge in [0, 0.05) is 28.1 Å². The molecule has 0 fully saturated rings. The maximum absolute atomic E-state index is 12.4. The molecule has 0 aliphatic heterocycles. The summed E-state index contributed by atoms with van der Waals surface area (Å²) < 4.78 is 5.69. The fraction of sp³-hybridized carbons (Fsp3) is 0.160. The van der Waals surface area contributed by atoms with E-state index in [1.165, 1.54) is 10.3 Å². The Morgan fingerprint density at radius 1 is 0.967 bits per heavy atom. The number of thioether (sulfide) groups is 1. The highest BCUT2D eigenvalue weighted by atomic mass is 32.2. The molecule has 0 bridgehead atoms. The third-order valence-corrected chi connectivity index (χ3v) is 5.91. The van der Waals surface area contributed by atoms with Gasteiger partial charge in [-0.25, -0.2) is 0 Å². The maximum Gasteiger partial charge on any atom is 0.260 e. The first-order valence-electron chi connectivity index (χ1n) is 10.0. The highest BCUT2D eigenvalue weighted by Crippen LogP contribution is 2.37. The lowest BCUT2D eigenvalue weighted by Gasteiger charge is -2.14. The molecule has 1 atom stereocenters. The third-order valence-electron chi connectivity index (χ3n) is 4.79. The number of carbonyl (C=O) groups is 1. The van der Waals surface area contributed by atoms with E-state index < -0.39 is 6.10 Å². The van der Waals surface area contributed by atoms with Gasteiger partial charge in [0.15, 0.2) is 6.10 Å². The van der Waals surface area contributed by atoms with Crippen molar-refractivity contribution in [3.05, 3.63) is 84.9 Å². The Balaban J connectivity index is 1.39. The second kappa shape index (κ2) is 9.55. The smallest absolute Gasteiger partial charge is 0.260 e.